The molecule has 0 aliphatic heterocycles. The van der Waals surface area contributed by atoms with E-state index in [-0.39, 0.29) is 17.5 Å². The second-order valence-electron chi connectivity index (χ2n) is 3.91. The molecule has 0 fully saturated rings. The molecule has 0 saturated carbocycles. The minimum atomic E-state index is -0.353. The van der Waals surface area contributed by atoms with Gasteiger partial charge in [-0.3, -0.25) is 13.9 Å². The largest absolute Gasteiger partial charge is 0.355 e. The van der Waals surface area contributed by atoms with Crippen LogP contribution in [0.1, 0.15) is 5.69 Å². The first-order chi connectivity index (χ1) is 8.51. The normalized spacial score (nSPS) is 11.2. The Hall–Kier alpha value is -1.44. The maximum atomic E-state index is 11.7. The lowest BCUT2D eigenvalue weighted by Crippen LogP contribution is -2.39. The van der Waals surface area contributed by atoms with Crippen LogP contribution in [0.25, 0.3) is 0 Å². The fourth-order valence-corrected chi connectivity index (χ4v) is 1.53. The molecule has 0 aliphatic rings. The van der Waals surface area contributed by atoms with Crippen LogP contribution >= 0.6 is 0 Å². The highest BCUT2D eigenvalue weighted by Gasteiger charge is 2.07. The highest BCUT2D eigenvalue weighted by Crippen LogP contribution is 1.92. The molecule has 0 aromatic carbocycles. The third-order valence-corrected chi connectivity index (χ3v) is 2.77. The van der Waals surface area contributed by atoms with E-state index in [1.165, 1.54) is 17.7 Å². The van der Waals surface area contributed by atoms with Gasteiger partial charge in [-0.05, 0) is 0 Å². The van der Waals surface area contributed by atoms with Gasteiger partial charge in [-0.25, -0.2) is 4.79 Å². The minimum Gasteiger partial charge on any atom is -0.355 e. The molecule has 1 aromatic heterocycles. The van der Waals surface area contributed by atoms with Gasteiger partial charge in [0.1, 0.15) is 0 Å². The number of hydrogen-bond acceptors (Lipinski definition) is 5. The van der Waals surface area contributed by atoms with Gasteiger partial charge in [0.2, 0.25) is 0 Å². The average Bonchev–Trinajstić information content (AvgIpc) is 2.38. The molecule has 0 radical (unpaired) electrons. The van der Waals surface area contributed by atoms with E-state index in [0.29, 0.717) is 18.8 Å². The Balaban J connectivity index is 2.75. The Bertz CT molecular complexity index is 502. The van der Waals surface area contributed by atoms with Gasteiger partial charge in [0.25, 0.3) is 5.56 Å². The summed E-state index contributed by atoms with van der Waals surface area (Å²) in [6.07, 6.45) is -0.353. The third-order valence-electron chi connectivity index (χ3n) is 2.77. The Labute approximate surface area is 105 Å². The average molecular weight is 257 g/mol. The third kappa shape index (κ3) is 3.28. The SMILES string of the molecule is COC(CNCc1cc(=O)n(C)c(=O)n1C)OC. The van der Waals surface area contributed by atoms with E-state index in [9.17, 15) is 9.59 Å². The number of nitrogens with one attached hydrogen (secondary N) is 1. The van der Waals surface area contributed by atoms with Gasteiger partial charge in [0.05, 0.1) is 0 Å². The summed E-state index contributed by atoms with van der Waals surface area (Å²) in [5.41, 5.74) is -0.0340. The van der Waals surface area contributed by atoms with Crippen LogP contribution in [0.3, 0.4) is 0 Å². The maximum absolute atomic E-state index is 11.7. The second-order valence-corrected chi connectivity index (χ2v) is 3.91. The lowest BCUT2D eigenvalue weighted by atomic mass is 10.3. The molecule has 18 heavy (non-hydrogen) atoms. The standard InChI is InChI=1S/C11H19N3O4/c1-13-8(5-9(15)14(2)11(13)16)6-12-7-10(17-3)18-4/h5,10,12H,6-7H2,1-4H3. The maximum Gasteiger partial charge on any atom is 0.330 e. The lowest BCUT2D eigenvalue weighted by molar-refractivity contribution is -0.0989. The topological polar surface area (TPSA) is 74.5 Å². The van der Waals surface area contributed by atoms with Crippen LogP contribution in [0.5, 0.6) is 0 Å². The summed E-state index contributed by atoms with van der Waals surface area (Å²) < 4.78 is 12.5. The van der Waals surface area contributed by atoms with Crippen LogP contribution in [0, 0.1) is 0 Å². The summed E-state index contributed by atoms with van der Waals surface area (Å²) in [6.45, 7) is 0.863. The van der Waals surface area contributed by atoms with Crippen LogP contribution in [0.4, 0.5) is 0 Å². The molecular weight excluding hydrogens is 238 g/mol. The first-order valence-electron chi connectivity index (χ1n) is 5.53. The first-order valence-corrected chi connectivity index (χ1v) is 5.53. The van der Waals surface area contributed by atoms with Gasteiger partial charge in [0, 0.05) is 53.2 Å². The Morgan fingerprint density at radius 1 is 1.22 bits per heavy atom. The number of aromatic nitrogens is 2. The molecule has 0 atom stereocenters. The molecule has 1 rings (SSSR count). The number of methoxy groups -OCH3 is 2. The van der Waals surface area contributed by atoms with Gasteiger partial charge in [-0.2, -0.15) is 0 Å². The van der Waals surface area contributed by atoms with Crippen molar-refractivity contribution in [2.45, 2.75) is 12.8 Å². The Morgan fingerprint density at radius 2 is 1.83 bits per heavy atom. The van der Waals surface area contributed by atoms with Gasteiger partial charge < -0.3 is 14.8 Å². The summed E-state index contributed by atoms with van der Waals surface area (Å²) >= 11 is 0. The highest BCUT2D eigenvalue weighted by atomic mass is 16.7. The summed E-state index contributed by atoms with van der Waals surface area (Å²) in [7, 11) is 6.17. The number of nitrogens with zero attached hydrogens (tertiary/aromatic N) is 2. The van der Waals surface area contributed by atoms with E-state index in [2.05, 4.69) is 5.32 Å². The fraction of sp³-hybridized carbons (Fsp3) is 0.636. The van der Waals surface area contributed by atoms with E-state index in [4.69, 9.17) is 9.47 Å². The molecule has 1 heterocycles. The van der Waals surface area contributed by atoms with Gasteiger partial charge >= 0.3 is 5.69 Å². The van der Waals surface area contributed by atoms with E-state index < -0.39 is 0 Å². The summed E-state index contributed by atoms with van der Waals surface area (Å²) in [6, 6.07) is 1.43. The van der Waals surface area contributed by atoms with Crippen LogP contribution in [0.15, 0.2) is 15.7 Å². The van der Waals surface area contributed by atoms with Crippen molar-refractivity contribution >= 4 is 0 Å². The Kier molecular flexibility index (Phi) is 5.26. The lowest BCUT2D eigenvalue weighted by Gasteiger charge is -2.15. The summed E-state index contributed by atoms with van der Waals surface area (Å²) in [5.74, 6) is 0. The van der Waals surface area contributed by atoms with E-state index in [1.54, 1.807) is 21.3 Å². The van der Waals surface area contributed by atoms with Gasteiger partial charge in [0.15, 0.2) is 6.29 Å². The molecule has 0 spiro atoms. The molecule has 102 valence electrons. The zero-order chi connectivity index (χ0) is 13.7. The van der Waals surface area contributed by atoms with E-state index in [0.717, 1.165) is 4.57 Å². The molecule has 0 aliphatic carbocycles. The smallest absolute Gasteiger partial charge is 0.330 e. The fourth-order valence-electron chi connectivity index (χ4n) is 1.53. The van der Waals surface area contributed by atoms with Crippen molar-refractivity contribution in [1.29, 1.82) is 0 Å². The summed E-state index contributed by atoms with van der Waals surface area (Å²) in [5, 5.41) is 3.06. The molecule has 1 N–H and O–H groups in total. The number of ether oxygens (including phenoxy) is 2. The highest BCUT2D eigenvalue weighted by molar-refractivity contribution is 5.01. The van der Waals surface area contributed by atoms with Crippen molar-refractivity contribution in [3.05, 3.63) is 32.6 Å². The van der Waals surface area contributed by atoms with Crippen molar-refractivity contribution in [2.75, 3.05) is 20.8 Å². The van der Waals surface area contributed by atoms with E-state index in [1.807, 2.05) is 0 Å². The zero-order valence-electron chi connectivity index (χ0n) is 11.1. The van der Waals surface area contributed by atoms with Crippen molar-refractivity contribution < 1.29 is 9.47 Å². The molecule has 7 nitrogen and oxygen atoms in total. The predicted molar refractivity (Wildman–Crippen MR) is 66.4 cm³/mol. The van der Waals surface area contributed by atoms with Crippen molar-refractivity contribution in [3.63, 3.8) is 0 Å². The Morgan fingerprint density at radius 3 is 2.39 bits per heavy atom. The quantitative estimate of drug-likeness (QED) is 0.647. The number of hydrogen-bond donors (Lipinski definition) is 1. The van der Waals surface area contributed by atoms with Gasteiger partial charge in [-0.15, -0.1) is 0 Å². The predicted octanol–water partition coefficient (Wildman–Crippen LogP) is -1.21. The van der Waals surface area contributed by atoms with Crippen molar-refractivity contribution in [2.24, 2.45) is 14.1 Å². The number of rotatable bonds is 6. The van der Waals surface area contributed by atoms with Crippen molar-refractivity contribution in [1.82, 2.24) is 14.5 Å². The van der Waals surface area contributed by atoms with Gasteiger partial charge in [-0.1, -0.05) is 0 Å². The molecule has 1 aromatic rings. The van der Waals surface area contributed by atoms with E-state index >= 15 is 0 Å². The van der Waals surface area contributed by atoms with Crippen LogP contribution in [-0.2, 0) is 30.1 Å². The molecule has 0 unspecified atom stereocenters. The van der Waals surface area contributed by atoms with Crippen LogP contribution in [-0.4, -0.2) is 36.2 Å². The minimum absolute atomic E-state index is 0.315. The second kappa shape index (κ2) is 6.48. The monoisotopic (exact) mass is 257 g/mol. The van der Waals surface area contributed by atoms with Crippen LogP contribution < -0.4 is 16.6 Å². The molecule has 0 saturated heterocycles. The van der Waals surface area contributed by atoms with Crippen LogP contribution in [0.2, 0.25) is 0 Å². The first kappa shape index (κ1) is 14.6. The molecule has 0 amide bonds. The summed E-state index contributed by atoms with van der Waals surface area (Å²) in [4.78, 5) is 23.2. The zero-order valence-corrected chi connectivity index (χ0v) is 11.1. The molecular formula is C11H19N3O4. The molecule has 0 bridgehead atoms. The van der Waals surface area contributed by atoms with Crippen molar-refractivity contribution in [3.8, 4) is 0 Å². The molecule has 7 heteroatoms.